The summed E-state index contributed by atoms with van der Waals surface area (Å²) in [5.41, 5.74) is 12.1. The predicted molar refractivity (Wildman–Crippen MR) is 247 cm³/mol. The Labute approximate surface area is 358 Å². The van der Waals surface area contributed by atoms with Crippen LogP contribution in [0.2, 0.25) is 0 Å². The molecule has 0 amide bonds. The molecular weight excluding hydrogens is 743 g/mol. The summed E-state index contributed by atoms with van der Waals surface area (Å²) >= 11 is 0. The van der Waals surface area contributed by atoms with Crippen LogP contribution in [0.15, 0.2) is 85.5 Å². The van der Waals surface area contributed by atoms with E-state index in [2.05, 4.69) is 102 Å². The SMILES string of the molecule is CC.CNCCCN(CCCNC)c1ncc2c(n1)-c1ccccc1C1(CCNCC1)C2.c1cncc(CCNc2ncc3c(n2)-c2ccccc2C2(CCNCC2)C3)c1. The number of piperidine rings is 2. The van der Waals surface area contributed by atoms with Crippen LogP contribution in [0.3, 0.4) is 0 Å². The van der Waals surface area contributed by atoms with Gasteiger partial charge < -0.3 is 31.5 Å². The minimum Gasteiger partial charge on any atom is -0.354 e. The van der Waals surface area contributed by atoms with E-state index in [4.69, 9.17) is 15.0 Å². The minimum atomic E-state index is 0.230. The van der Waals surface area contributed by atoms with Crippen molar-refractivity contribution in [3.8, 4) is 22.5 Å². The molecule has 5 aromatic rings. The third kappa shape index (κ3) is 9.86. The van der Waals surface area contributed by atoms with E-state index < -0.39 is 0 Å². The molecule has 0 bridgehead atoms. The van der Waals surface area contributed by atoms with E-state index in [-0.39, 0.29) is 10.8 Å². The topological polar surface area (TPSA) is 128 Å². The maximum absolute atomic E-state index is 5.15. The maximum atomic E-state index is 5.15. The third-order valence-corrected chi connectivity index (χ3v) is 12.8. The first-order chi connectivity index (χ1) is 29.6. The molecule has 5 heterocycles. The van der Waals surface area contributed by atoms with E-state index in [0.29, 0.717) is 5.95 Å². The van der Waals surface area contributed by atoms with Gasteiger partial charge in [0.1, 0.15) is 0 Å². The molecule has 5 N–H and O–H groups in total. The number of nitrogens with zero attached hydrogens (tertiary/aromatic N) is 6. The molecular formula is C49H67N11. The molecule has 11 heteroatoms. The summed E-state index contributed by atoms with van der Waals surface area (Å²) in [6, 6.07) is 21.8. The molecule has 9 rings (SSSR count). The number of pyridine rings is 1. The Morgan fingerprint density at radius 3 is 1.73 bits per heavy atom. The number of fused-ring (bicyclic) bond motifs is 8. The highest BCUT2D eigenvalue weighted by Gasteiger charge is 2.41. The van der Waals surface area contributed by atoms with Crippen LogP contribution in [-0.4, -0.2) is 97.9 Å². The monoisotopic (exact) mass is 810 g/mol. The average Bonchev–Trinajstić information content (AvgIpc) is 3.31. The van der Waals surface area contributed by atoms with Crippen molar-refractivity contribution in [2.75, 3.05) is 83.2 Å². The molecule has 60 heavy (non-hydrogen) atoms. The summed E-state index contributed by atoms with van der Waals surface area (Å²) < 4.78 is 0. The highest BCUT2D eigenvalue weighted by molar-refractivity contribution is 5.74. The van der Waals surface area contributed by atoms with Crippen LogP contribution in [0, 0.1) is 0 Å². The molecule has 2 spiro atoms. The van der Waals surface area contributed by atoms with Gasteiger partial charge in [0, 0.05) is 66.4 Å². The molecule has 2 aliphatic carbocycles. The van der Waals surface area contributed by atoms with Crippen LogP contribution in [0.5, 0.6) is 0 Å². The zero-order chi connectivity index (χ0) is 41.6. The summed E-state index contributed by atoms with van der Waals surface area (Å²) in [6.45, 7) is 13.1. The molecule has 0 saturated carbocycles. The van der Waals surface area contributed by atoms with Gasteiger partial charge in [-0.3, -0.25) is 4.98 Å². The molecule has 0 unspecified atom stereocenters. The smallest absolute Gasteiger partial charge is 0.225 e. The van der Waals surface area contributed by atoms with Crippen molar-refractivity contribution in [3.63, 3.8) is 0 Å². The molecule has 0 radical (unpaired) electrons. The van der Waals surface area contributed by atoms with E-state index in [0.717, 1.165) is 108 Å². The zero-order valence-corrected chi connectivity index (χ0v) is 36.5. The minimum absolute atomic E-state index is 0.230. The second-order valence-electron chi connectivity index (χ2n) is 16.6. The first-order valence-corrected chi connectivity index (χ1v) is 22.6. The van der Waals surface area contributed by atoms with Gasteiger partial charge in [0.25, 0.3) is 0 Å². The fourth-order valence-electron chi connectivity index (χ4n) is 9.76. The van der Waals surface area contributed by atoms with Crippen LogP contribution in [0.25, 0.3) is 22.5 Å². The molecule has 3 aromatic heterocycles. The van der Waals surface area contributed by atoms with Gasteiger partial charge in [-0.1, -0.05) is 68.4 Å². The van der Waals surface area contributed by atoms with Crippen molar-refractivity contribution < 1.29 is 0 Å². The lowest BCUT2D eigenvalue weighted by Gasteiger charge is -2.42. The van der Waals surface area contributed by atoms with Crippen LogP contribution in [-0.2, 0) is 30.1 Å². The first-order valence-electron chi connectivity index (χ1n) is 22.6. The lowest BCUT2D eigenvalue weighted by molar-refractivity contribution is 0.302. The summed E-state index contributed by atoms with van der Waals surface area (Å²) in [7, 11) is 4.02. The molecule has 11 nitrogen and oxygen atoms in total. The molecule has 2 saturated heterocycles. The summed E-state index contributed by atoms with van der Waals surface area (Å²) in [6.07, 6.45) is 17.8. The Kier molecular flexibility index (Phi) is 15.2. The largest absolute Gasteiger partial charge is 0.354 e. The van der Waals surface area contributed by atoms with Gasteiger partial charge in [-0.15, -0.1) is 0 Å². The van der Waals surface area contributed by atoms with Crippen LogP contribution in [0.1, 0.15) is 80.2 Å². The number of aromatic nitrogens is 5. The van der Waals surface area contributed by atoms with Crippen molar-refractivity contribution in [2.45, 2.75) is 82.5 Å². The van der Waals surface area contributed by atoms with Gasteiger partial charge in [0.05, 0.1) is 11.4 Å². The number of anilines is 2. The maximum Gasteiger partial charge on any atom is 0.225 e. The fraction of sp³-hybridized carbons (Fsp3) is 0.490. The van der Waals surface area contributed by atoms with Gasteiger partial charge in [-0.25, -0.2) is 19.9 Å². The van der Waals surface area contributed by atoms with E-state index >= 15 is 0 Å². The molecule has 4 aliphatic rings. The Bertz CT molecular complexity index is 2080. The van der Waals surface area contributed by atoms with Gasteiger partial charge in [-0.2, -0.15) is 0 Å². The Balaban J connectivity index is 0.000000175. The Morgan fingerprint density at radius 1 is 0.633 bits per heavy atom. The Morgan fingerprint density at radius 2 is 1.18 bits per heavy atom. The lowest BCUT2D eigenvalue weighted by atomic mass is 9.64. The van der Waals surface area contributed by atoms with Gasteiger partial charge >= 0.3 is 0 Å². The zero-order valence-electron chi connectivity index (χ0n) is 36.5. The normalized spacial score (nSPS) is 16.5. The van der Waals surface area contributed by atoms with Crippen LogP contribution in [0.4, 0.5) is 11.9 Å². The number of benzene rings is 2. The van der Waals surface area contributed by atoms with E-state index in [1.807, 2.05) is 46.4 Å². The van der Waals surface area contributed by atoms with Crippen molar-refractivity contribution >= 4 is 11.9 Å². The second-order valence-corrected chi connectivity index (χ2v) is 16.6. The summed E-state index contributed by atoms with van der Waals surface area (Å²) in [5.74, 6) is 1.58. The summed E-state index contributed by atoms with van der Waals surface area (Å²) in [4.78, 5) is 26.1. The van der Waals surface area contributed by atoms with Crippen molar-refractivity contribution in [2.24, 2.45) is 0 Å². The number of hydrogen-bond donors (Lipinski definition) is 5. The molecule has 2 aromatic carbocycles. The molecule has 0 atom stereocenters. The standard InChI is InChI=1S/C24H36N6.C23H25N5.C2H6/c1-25-11-5-15-30(16-6-12-26-2)23-28-18-19-17-24(9-13-27-14-10-24)21-8-4-3-7-20(21)22(19)29-23;1-2-6-20-19(5-1)21-18(14-23(20)8-12-24-13-9-23)16-27-22(28-21)26-11-7-17-4-3-10-25-15-17;1-2/h3-4,7-8,18,25-27H,5-6,9-17H2,1-2H3;1-6,10,15-16,24H,7-9,11-14H2,(H,26,27,28);1-2H3. The first kappa shape index (κ1) is 43.3. The van der Waals surface area contributed by atoms with Crippen molar-refractivity contribution in [1.82, 2.24) is 46.2 Å². The lowest BCUT2D eigenvalue weighted by Crippen LogP contribution is -2.43. The highest BCUT2D eigenvalue weighted by Crippen LogP contribution is 2.48. The molecule has 2 fully saturated rings. The van der Waals surface area contributed by atoms with Crippen LogP contribution >= 0.6 is 0 Å². The average molecular weight is 810 g/mol. The van der Waals surface area contributed by atoms with E-state index in [1.54, 1.807) is 6.20 Å². The predicted octanol–water partition coefficient (Wildman–Crippen LogP) is 6.74. The van der Waals surface area contributed by atoms with Crippen molar-refractivity contribution in [1.29, 1.82) is 0 Å². The number of nitrogens with one attached hydrogen (secondary N) is 5. The quantitative estimate of drug-likeness (QED) is 0.0812. The third-order valence-electron chi connectivity index (χ3n) is 12.8. The summed E-state index contributed by atoms with van der Waals surface area (Å²) in [5, 5.41) is 16.9. The van der Waals surface area contributed by atoms with Crippen molar-refractivity contribution in [3.05, 3.63) is 113 Å². The second kappa shape index (κ2) is 21.1. The number of rotatable bonds is 13. The fourth-order valence-corrected chi connectivity index (χ4v) is 9.76. The van der Waals surface area contributed by atoms with Crippen LogP contribution < -0.4 is 31.5 Å². The van der Waals surface area contributed by atoms with Gasteiger partial charge in [0.2, 0.25) is 11.9 Å². The Hall–Kier alpha value is -4.81. The molecule has 2 aliphatic heterocycles. The van der Waals surface area contributed by atoms with Gasteiger partial charge in [-0.05, 0) is 145 Å². The number of hydrogen-bond acceptors (Lipinski definition) is 11. The van der Waals surface area contributed by atoms with E-state index in [1.165, 1.54) is 64.6 Å². The van der Waals surface area contributed by atoms with Gasteiger partial charge in [0.15, 0.2) is 0 Å². The van der Waals surface area contributed by atoms with E-state index in [9.17, 15) is 0 Å². The molecule has 318 valence electrons. The highest BCUT2D eigenvalue weighted by atomic mass is 15.2.